The van der Waals surface area contributed by atoms with Gasteiger partial charge in [0.2, 0.25) is 0 Å². The summed E-state index contributed by atoms with van der Waals surface area (Å²) in [6.07, 6.45) is 0. The third-order valence-corrected chi connectivity index (χ3v) is 5.87. The predicted octanol–water partition coefficient (Wildman–Crippen LogP) is 4.74. The molecule has 0 atom stereocenters. The van der Waals surface area contributed by atoms with Gasteiger partial charge in [-0.15, -0.1) is 11.3 Å². The molecule has 0 spiro atoms. The van der Waals surface area contributed by atoms with Crippen molar-refractivity contribution >= 4 is 39.6 Å². The summed E-state index contributed by atoms with van der Waals surface area (Å²) in [5.41, 5.74) is 3.85. The summed E-state index contributed by atoms with van der Waals surface area (Å²) in [6.45, 7) is 10.4. The van der Waals surface area contributed by atoms with Crippen molar-refractivity contribution in [1.29, 1.82) is 0 Å². The summed E-state index contributed by atoms with van der Waals surface area (Å²) in [4.78, 5) is 19.1. The van der Waals surface area contributed by atoms with Crippen molar-refractivity contribution < 1.29 is 0 Å². The standard InChI is InChI=1S/C22H27N3OS2/c1-14(2)11-23-22(27)25(13-19-6-5-7-28-19)12-18-10-17-9-15(3)8-16(4)20(17)24-21(18)26/h5-10,14H,11-13H2,1-4H3,(H,23,27)(H,24,26). The van der Waals surface area contributed by atoms with Crippen LogP contribution in [-0.2, 0) is 13.1 Å². The summed E-state index contributed by atoms with van der Waals surface area (Å²) in [5, 5.41) is 7.14. The molecule has 2 aromatic heterocycles. The normalized spacial score (nSPS) is 11.2. The molecule has 4 nitrogen and oxygen atoms in total. The highest BCUT2D eigenvalue weighted by atomic mass is 32.1. The molecule has 0 bridgehead atoms. The molecule has 28 heavy (non-hydrogen) atoms. The van der Waals surface area contributed by atoms with Gasteiger partial charge < -0.3 is 15.2 Å². The van der Waals surface area contributed by atoms with Gasteiger partial charge >= 0.3 is 0 Å². The Hall–Kier alpha value is -2.18. The predicted molar refractivity (Wildman–Crippen MR) is 123 cm³/mol. The van der Waals surface area contributed by atoms with Crippen LogP contribution in [0.4, 0.5) is 0 Å². The molecule has 0 radical (unpaired) electrons. The fourth-order valence-electron chi connectivity index (χ4n) is 3.25. The summed E-state index contributed by atoms with van der Waals surface area (Å²) in [5.74, 6) is 0.497. The van der Waals surface area contributed by atoms with Crippen molar-refractivity contribution in [1.82, 2.24) is 15.2 Å². The maximum atomic E-state index is 12.8. The number of rotatable bonds is 6. The number of thiocarbonyl (C=S) groups is 1. The Morgan fingerprint density at radius 3 is 2.71 bits per heavy atom. The molecule has 6 heteroatoms. The van der Waals surface area contributed by atoms with Crippen molar-refractivity contribution in [2.45, 2.75) is 40.8 Å². The van der Waals surface area contributed by atoms with E-state index in [4.69, 9.17) is 12.2 Å². The van der Waals surface area contributed by atoms with E-state index in [1.165, 1.54) is 10.4 Å². The summed E-state index contributed by atoms with van der Waals surface area (Å²) >= 11 is 7.35. The molecule has 0 saturated heterocycles. The Morgan fingerprint density at radius 1 is 1.25 bits per heavy atom. The summed E-state index contributed by atoms with van der Waals surface area (Å²) in [7, 11) is 0. The van der Waals surface area contributed by atoms with E-state index in [0.717, 1.165) is 28.6 Å². The number of pyridine rings is 1. The fraction of sp³-hybridized carbons (Fsp3) is 0.364. The van der Waals surface area contributed by atoms with E-state index in [2.05, 4.69) is 59.6 Å². The number of nitrogens with zero attached hydrogens (tertiary/aromatic N) is 1. The Bertz CT molecular complexity index is 1020. The Balaban J connectivity index is 1.91. The highest BCUT2D eigenvalue weighted by molar-refractivity contribution is 7.80. The Labute approximate surface area is 175 Å². The number of nitrogens with one attached hydrogen (secondary N) is 2. The number of benzene rings is 1. The molecule has 1 aromatic carbocycles. The van der Waals surface area contributed by atoms with E-state index in [1.807, 2.05) is 19.1 Å². The first-order chi connectivity index (χ1) is 13.3. The van der Waals surface area contributed by atoms with Gasteiger partial charge in [-0.25, -0.2) is 0 Å². The lowest BCUT2D eigenvalue weighted by molar-refractivity contribution is 0.397. The highest BCUT2D eigenvalue weighted by Gasteiger charge is 2.15. The smallest absolute Gasteiger partial charge is 0.253 e. The van der Waals surface area contributed by atoms with Crippen LogP contribution >= 0.6 is 23.6 Å². The van der Waals surface area contributed by atoms with E-state index >= 15 is 0 Å². The summed E-state index contributed by atoms with van der Waals surface area (Å²) in [6, 6.07) is 10.3. The number of thiophene rings is 1. The van der Waals surface area contributed by atoms with Crippen molar-refractivity contribution in [3.05, 3.63) is 67.6 Å². The molecular formula is C22H27N3OS2. The molecule has 0 saturated carbocycles. The topological polar surface area (TPSA) is 48.1 Å². The summed E-state index contributed by atoms with van der Waals surface area (Å²) < 4.78 is 0. The number of aromatic amines is 1. The molecule has 3 rings (SSSR count). The van der Waals surface area contributed by atoms with Gasteiger partial charge in [0.25, 0.3) is 5.56 Å². The van der Waals surface area contributed by atoms with Crippen LogP contribution < -0.4 is 10.9 Å². The van der Waals surface area contributed by atoms with Gasteiger partial charge in [0.1, 0.15) is 0 Å². The van der Waals surface area contributed by atoms with Crippen molar-refractivity contribution in [3.63, 3.8) is 0 Å². The molecule has 148 valence electrons. The van der Waals surface area contributed by atoms with Crippen LogP contribution in [0.3, 0.4) is 0 Å². The highest BCUT2D eigenvalue weighted by Crippen LogP contribution is 2.19. The van der Waals surface area contributed by atoms with Crippen molar-refractivity contribution in [3.8, 4) is 0 Å². The number of fused-ring (bicyclic) bond motifs is 1. The van der Waals surface area contributed by atoms with Crippen LogP contribution in [0.25, 0.3) is 10.9 Å². The number of hydrogen-bond acceptors (Lipinski definition) is 3. The van der Waals surface area contributed by atoms with Gasteiger partial charge in [-0.3, -0.25) is 4.79 Å². The molecule has 0 aliphatic heterocycles. The number of aryl methyl sites for hydroxylation is 2. The molecule has 0 aliphatic rings. The second kappa shape index (κ2) is 8.88. The van der Waals surface area contributed by atoms with Gasteiger partial charge in [-0.1, -0.05) is 31.5 Å². The first kappa shape index (κ1) is 20.6. The van der Waals surface area contributed by atoms with E-state index in [9.17, 15) is 4.79 Å². The second-order valence-electron chi connectivity index (χ2n) is 7.69. The minimum Gasteiger partial charge on any atom is -0.362 e. The van der Waals surface area contributed by atoms with Crippen LogP contribution in [0.1, 0.15) is 35.4 Å². The maximum Gasteiger partial charge on any atom is 0.253 e. The molecule has 3 aromatic rings. The average molecular weight is 414 g/mol. The van der Waals surface area contributed by atoms with Crippen molar-refractivity contribution in [2.24, 2.45) is 5.92 Å². The average Bonchev–Trinajstić information content (AvgIpc) is 3.13. The molecule has 2 N–H and O–H groups in total. The van der Waals surface area contributed by atoms with Crippen LogP contribution in [0, 0.1) is 19.8 Å². The molecule has 0 aliphatic carbocycles. The Kier molecular flexibility index (Phi) is 6.52. The van der Waals surface area contributed by atoms with Crippen LogP contribution in [0.2, 0.25) is 0 Å². The quantitative estimate of drug-likeness (QED) is 0.573. The van der Waals surface area contributed by atoms with Crippen molar-refractivity contribution in [2.75, 3.05) is 6.54 Å². The largest absolute Gasteiger partial charge is 0.362 e. The number of H-pyrrole nitrogens is 1. The molecule has 0 amide bonds. The van der Waals surface area contributed by atoms with Gasteiger partial charge in [0.05, 0.1) is 18.6 Å². The lowest BCUT2D eigenvalue weighted by Gasteiger charge is -2.26. The zero-order valence-electron chi connectivity index (χ0n) is 16.8. The third kappa shape index (κ3) is 5.00. The van der Waals surface area contributed by atoms with E-state index in [-0.39, 0.29) is 5.56 Å². The molecule has 0 fully saturated rings. The monoisotopic (exact) mass is 413 g/mol. The maximum absolute atomic E-state index is 12.8. The number of hydrogen-bond donors (Lipinski definition) is 2. The first-order valence-corrected chi connectivity index (χ1v) is 10.8. The van der Waals surface area contributed by atoms with Gasteiger partial charge in [-0.05, 0) is 66.5 Å². The molecular weight excluding hydrogens is 386 g/mol. The lowest BCUT2D eigenvalue weighted by Crippen LogP contribution is -2.41. The van der Waals surface area contributed by atoms with E-state index < -0.39 is 0 Å². The van der Waals surface area contributed by atoms with E-state index in [0.29, 0.717) is 24.1 Å². The lowest BCUT2D eigenvalue weighted by atomic mass is 10.1. The van der Waals surface area contributed by atoms with Gasteiger partial charge in [0, 0.05) is 17.0 Å². The SMILES string of the molecule is Cc1cc(C)c2[nH]c(=O)c(CN(Cc3cccs3)C(=S)NCC(C)C)cc2c1. The van der Waals surface area contributed by atoms with Crippen LogP contribution in [0.15, 0.2) is 40.5 Å². The zero-order chi connectivity index (χ0) is 20.3. The van der Waals surface area contributed by atoms with Crippen LogP contribution in [0.5, 0.6) is 0 Å². The van der Waals surface area contributed by atoms with Gasteiger partial charge in [-0.2, -0.15) is 0 Å². The molecule has 2 heterocycles. The first-order valence-electron chi connectivity index (χ1n) is 9.52. The third-order valence-electron chi connectivity index (χ3n) is 4.61. The number of aromatic nitrogens is 1. The van der Waals surface area contributed by atoms with E-state index in [1.54, 1.807) is 11.3 Å². The Morgan fingerprint density at radius 2 is 2.04 bits per heavy atom. The minimum absolute atomic E-state index is 0.0534. The minimum atomic E-state index is -0.0534. The van der Waals surface area contributed by atoms with Gasteiger partial charge in [0.15, 0.2) is 5.11 Å². The zero-order valence-corrected chi connectivity index (χ0v) is 18.5. The van der Waals surface area contributed by atoms with Crippen LogP contribution in [-0.4, -0.2) is 21.5 Å². The second-order valence-corrected chi connectivity index (χ2v) is 9.10. The fourth-order valence-corrected chi connectivity index (χ4v) is 4.18. The molecule has 0 unspecified atom stereocenters.